The number of aromatic carboxylic acids is 1. The molecule has 0 radical (unpaired) electrons. The second kappa shape index (κ2) is 17.0. The Balaban J connectivity index is 1.42. The van der Waals surface area contributed by atoms with E-state index in [2.05, 4.69) is 45.5 Å². The summed E-state index contributed by atoms with van der Waals surface area (Å²) in [7, 11) is 1.35. The van der Waals surface area contributed by atoms with Gasteiger partial charge in [0.25, 0.3) is 5.91 Å². The highest BCUT2D eigenvalue weighted by Crippen LogP contribution is 2.40. The van der Waals surface area contributed by atoms with Gasteiger partial charge in [0, 0.05) is 17.7 Å². The van der Waals surface area contributed by atoms with Gasteiger partial charge < -0.3 is 19.9 Å². The Morgan fingerprint density at radius 1 is 0.830 bits per heavy atom. The number of unbranched alkanes of at least 4 members (excludes halogenated alkanes) is 5. The van der Waals surface area contributed by atoms with Gasteiger partial charge in [-0.2, -0.15) is 13.2 Å². The first-order valence-corrected chi connectivity index (χ1v) is 16.2. The summed E-state index contributed by atoms with van der Waals surface area (Å²) in [4.78, 5) is 24.6. The Bertz CT molecular complexity index is 1660. The van der Waals surface area contributed by atoms with Gasteiger partial charge in [-0.3, -0.25) is 4.79 Å². The monoisotopic (exact) mass is 711 g/mol. The molecule has 4 rings (SSSR count). The summed E-state index contributed by atoms with van der Waals surface area (Å²) in [6.07, 6.45) is 2.82. The number of alkyl halides is 3. The van der Waals surface area contributed by atoms with E-state index < -0.39 is 17.7 Å². The molecule has 0 aromatic heterocycles. The molecule has 0 aliphatic heterocycles. The van der Waals surface area contributed by atoms with Gasteiger partial charge in [-0.15, -0.1) is 0 Å². The van der Waals surface area contributed by atoms with Crippen LogP contribution in [-0.4, -0.2) is 30.6 Å². The number of ether oxygens (including phenoxy) is 2. The van der Waals surface area contributed by atoms with Crippen molar-refractivity contribution in [2.75, 3.05) is 13.7 Å². The standard InChI is InChI=1S/C37H37BrF3NO5/c1-46-33-20-26(17-18-30(33)36(44)45)24-47-34-31(27-15-11-16-29(21-27)37(39,40)41)22-28(23-32(34)38)35(43)42-19-10-5-3-2-4-7-12-25-13-8-6-9-14-25/h6,8-9,11,13-18,20-23H,2-5,7,10,12,19,24H2,1H3,(H,42,43)(H,44,45). The normalized spacial score (nSPS) is 11.3. The van der Waals surface area contributed by atoms with Crippen molar-refractivity contribution in [2.45, 2.75) is 57.7 Å². The minimum Gasteiger partial charge on any atom is -0.496 e. The minimum absolute atomic E-state index is 0.0173. The molecule has 0 aliphatic carbocycles. The third kappa shape index (κ3) is 10.3. The van der Waals surface area contributed by atoms with Crippen LogP contribution in [0.3, 0.4) is 0 Å². The van der Waals surface area contributed by atoms with E-state index in [0.717, 1.165) is 57.1 Å². The molecule has 0 fully saturated rings. The smallest absolute Gasteiger partial charge is 0.416 e. The van der Waals surface area contributed by atoms with Crippen LogP contribution in [-0.2, 0) is 19.2 Å². The molecule has 0 heterocycles. The Kier molecular flexibility index (Phi) is 12.9. The van der Waals surface area contributed by atoms with Gasteiger partial charge in [0.15, 0.2) is 0 Å². The fourth-order valence-electron chi connectivity index (χ4n) is 5.22. The first-order valence-electron chi connectivity index (χ1n) is 15.4. The van der Waals surface area contributed by atoms with E-state index in [1.54, 1.807) is 12.1 Å². The molecule has 0 unspecified atom stereocenters. The number of amides is 1. The van der Waals surface area contributed by atoms with Crippen molar-refractivity contribution < 1.29 is 37.3 Å². The molecular formula is C37H37BrF3NO5. The predicted molar refractivity (Wildman–Crippen MR) is 179 cm³/mol. The number of methoxy groups -OCH3 is 1. The number of carbonyl (C=O) groups excluding carboxylic acids is 1. The molecule has 4 aromatic rings. The number of rotatable bonds is 16. The van der Waals surface area contributed by atoms with Crippen molar-refractivity contribution in [2.24, 2.45) is 0 Å². The van der Waals surface area contributed by atoms with Gasteiger partial charge in [0.1, 0.15) is 23.7 Å². The topological polar surface area (TPSA) is 84.9 Å². The third-order valence-electron chi connectivity index (χ3n) is 7.71. The maximum atomic E-state index is 13.6. The number of hydrogen-bond donors (Lipinski definition) is 2. The second-order valence-electron chi connectivity index (χ2n) is 11.2. The van der Waals surface area contributed by atoms with E-state index in [0.29, 0.717) is 22.1 Å². The molecule has 4 aromatic carbocycles. The van der Waals surface area contributed by atoms with Crippen LogP contribution in [0.2, 0.25) is 0 Å². The largest absolute Gasteiger partial charge is 0.496 e. The predicted octanol–water partition coefficient (Wildman–Crippen LogP) is 9.73. The third-order valence-corrected chi connectivity index (χ3v) is 8.30. The average Bonchev–Trinajstić information content (AvgIpc) is 3.06. The number of halogens is 4. The van der Waals surface area contributed by atoms with E-state index in [-0.39, 0.29) is 40.7 Å². The molecule has 0 saturated carbocycles. The lowest BCUT2D eigenvalue weighted by molar-refractivity contribution is -0.137. The first kappa shape index (κ1) is 35.5. The fourth-order valence-corrected chi connectivity index (χ4v) is 5.79. The maximum absolute atomic E-state index is 13.6. The molecule has 0 spiro atoms. The SMILES string of the molecule is COc1cc(COc2c(Br)cc(C(=O)NCCCCCCCCc3ccccc3)cc2-c2cccc(C(F)(F)F)c2)ccc1C(=O)O. The fraction of sp³-hybridized carbons (Fsp3) is 0.297. The summed E-state index contributed by atoms with van der Waals surface area (Å²) < 4.78 is 52.5. The zero-order valence-electron chi connectivity index (χ0n) is 26.0. The lowest BCUT2D eigenvalue weighted by Crippen LogP contribution is -2.24. The highest BCUT2D eigenvalue weighted by molar-refractivity contribution is 9.10. The van der Waals surface area contributed by atoms with E-state index >= 15 is 0 Å². The van der Waals surface area contributed by atoms with E-state index in [4.69, 9.17) is 9.47 Å². The minimum atomic E-state index is -4.56. The Morgan fingerprint density at radius 3 is 2.26 bits per heavy atom. The van der Waals surface area contributed by atoms with Crippen LogP contribution in [0.15, 0.2) is 89.4 Å². The summed E-state index contributed by atoms with van der Waals surface area (Å²) in [5.74, 6) is -1.12. The van der Waals surface area contributed by atoms with Crippen LogP contribution >= 0.6 is 15.9 Å². The van der Waals surface area contributed by atoms with Crippen LogP contribution in [0, 0.1) is 0 Å². The molecule has 0 aliphatic rings. The molecule has 2 N–H and O–H groups in total. The zero-order chi connectivity index (χ0) is 33.8. The van der Waals surface area contributed by atoms with Crippen molar-refractivity contribution >= 4 is 27.8 Å². The summed E-state index contributed by atoms with van der Waals surface area (Å²) in [5, 5.41) is 12.3. The molecule has 0 atom stereocenters. The number of carboxylic acids is 1. The van der Waals surface area contributed by atoms with Crippen molar-refractivity contribution in [1.29, 1.82) is 0 Å². The highest BCUT2D eigenvalue weighted by atomic mass is 79.9. The molecule has 0 saturated heterocycles. The Hall–Kier alpha value is -4.31. The number of carbonyl (C=O) groups is 2. The molecule has 248 valence electrons. The van der Waals surface area contributed by atoms with Crippen LogP contribution in [0.5, 0.6) is 11.5 Å². The van der Waals surface area contributed by atoms with Gasteiger partial charge >= 0.3 is 12.1 Å². The average molecular weight is 713 g/mol. The number of nitrogens with one attached hydrogen (secondary N) is 1. The molecular weight excluding hydrogens is 675 g/mol. The summed E-state index contributed by atoms with van der Waals surface area (Å²) in [5.41, 5.74) is 1.86. The molecule has 1 amide bonds. The van der Waals surface area contributed by atoms with Crippen molar-refractivity contribution in [1.82, 2.24) is 5.32 Å². The van der Waals surface area contributed by atoms with Gasteiger partial charge in [-0.1, -0.05) is 74.2 Å². The maximum Gasteiger partial charge on any atom is 0.416 e. The van der Waals surface area contributed by atoms with E-state index in [1.165, 1.54) is 43.0 Å². The zero-order valence-corrected chi connectivity index (χ0v) is 27.6. The van der Waals surface area contributed by atoms with Crippen LogP contribution < -0.4 is 14.8 Å². The second-order valence-corrected chi connectivity index (χ2v) is 12.0. The number of hydrogen-bond acceptors (Lipinski definition) is 4. The highest BCUT2D eigenvalue weighted by Gasteiger charge is 2.31. The summed E-state index contributed by atoms with van der Waals surface area (Å²) >= 11 is 3.46. The molecule has 6 nitrogen and oxygen atoms in total. The number of benzene rings is 4. The quantitative estimate of drug-likeness (QED) is 0.113. The first-order chi connectivity index (χ1) is 22.6. The van der Waals surface area contributed by atoms with E-state index in [9.17, 15) is 27.9 Å². The van der Waals surface area contributed by atoms with Gasteiger partial charge in [-0.25, -0.2) is 4.79 Å². The number of aryl methyl sites for hydroxylation is 1. The van der Waals surface area contributed by atoms with Crippen molar-refractivity contribution in [3.8, 4) is 22.6 Å². The number of carboxylic acid groups (broad SMARTS) is 1. The lowest BCUT2D eigenvalue weighted by Gasteiger charge is -2.17. The summed E-state index contributed by atoms with van der Waals surface area (Å²) in [6.45, 7) is 0.435. The summed E-state index contributed by atoms with van der Waals surface area (Å²) in [6, 6.07) is 22.8. The molecule has 0 bridgehead atoms. The molecule has 47 heavy (non-hydrogen) atoms. The Morgan fingerprint density at radius 2 is 1.55 bits per heavy atom. The van der Waals surface area contributed by atoms with Gasteiger partial charge in [0.05, 0.1) is 17.1 Å². The van der Waals surface area contributed by atoms with Crippen molar-refractivity contribution in [3.63, 3.8) is 0 Å². The van der Waals surface area contributed by atoms with Gasteiger partial charge in [-0.05, 0) is 88.3 Å². The Labute approximate surface area is 281 Å². The van der Waals surface area contributed by atoms with Crippen molar-refractivity contribution in [3.05, 3.63) is 117 Å². The van der Waals surface area contributed by atoms with Gasteiger partial charge in [0.2, 0.25) is 0 Å². The van der Waals surface area contributed by atoms with E-state index in [1.807, 2.05) is 6.07 Å². The van der Waals surface area contributed by atoms with Crippen LogP contribution in [0.4, 0.5) is 13.2 Å². The lowest BCUT2D eigenvalue weighted by atomic mass is 9.99. The molecule has 10 heteroatoms. The van der Waals surface area contributed by atoms with Crippen LogP contribution in [0.1, 0.15) is 75.9 Å². The van der Waals surface area contributed by atoms with Crippen LogP contribution in [0.25, 0.3) is 11.1 Å².